The molecule has 0 fully saturated rings. The van der Waals surface area contributed by atoms with Crippen LogP contribution in [0.2, 0.25) is 0 Å². The molecule has 0 aliphatic carbocycles. The molecule has 0 radical (unpaired) electrons. The minimum atomic E-state index is -4.11. The lowest BCUT2D eigenvalue weighted by Gasteiger charge is -2.10. The van der Waals surface area contributed by atoms with E-state index in [9.17, 15) is 17.2 Å². The molecule has 0 aliphatic rings. The molecule has 0 aromatic heterocycles. The number of nitrogens with one attached hydrogen (secondary N) is 1. The first-order chi connectivity index (χ1) is 9.31. The maximum absolute atomic E-state index is 13.5. The fourth-order valence-electron chi connectivity index (χ4n) is 1.58. The predicted molar refractivity (Wildman–Crippen MR) is 72.8 cm³/mol. The Hall–Kier alpha value is -2.15. The molecule has 106 valence electrons. The summed E-state index contributed by atoms with van der Waals surface area (Å²) in [6.45, 7) is 1.44. The lowest BCUT2D eigenvalue weighted by atomic mass is 10.2. The maximum Gasteiger partial charge on any atom is 0.262 e. The molecular formula is C13H12F2N2O2S. The summed E-state index contributed by atoms with van der Waals surface area (Å²) in [4.78, 5) is -0.360. The van der Waals surface area contributed by atoms with Crippen LogP contribution in [-0.4, -0.2) is 8.42 Å². The van der Waals surface area contributed by atoms with Crippen LogP contribution in [0.25, 0.3) is 0 Å². The van der Waals surface area contributed by atoms with Crippen LogP contribution in [0.4, 0.5) is 20.2 Å². The fraction of sp³-hybridized carbons (Fsp3) is 0.0769. The van der Waals surface area contributed by atoms with Gasteiger partial charge in [-0.1, -0.05) is 12.1 Å². The van der Waals surface area contributed by atoms with Gasteiger partial charge in [-0.2, -0.15) is 0 Å². The van der Waals surface area contributed by atoms with E-state index in [0.29, 0.717) is 0 Å². The highest BCUT2D eigenvalue weighted by atomic mass is 32.2. The molecule has 4 nitrogen and oxygen atoms in total. The van der Waals surface area contributed by atoms with Crippen molar-refractivity contribution in [3.05, 3.63) is 53.6 Å². The zero-order valence-electron chi connectivity index (χ0n) is 10.5. The molecule has 0 spiro atoms. The van der Waals surface area contributed by atoms with Crippen LogP contribution in [-0.2, 0) is 10.0 Å². The van der Waals surface area contributed by atoms with Gasteiger partial charge in [0.05, 0.1) is 10.6 Å². The molecule has 2 aromatic carbocycles. The van der Waals surface area contributed by atoms with Gasteiger partial charge < -0.3 is 5.73 Å². The standard InChI is InChI=1S/C13H12F2N2O2S/c1-8-11(15)6-9(7-12(8)16)20(18,19)17-13-5-3-2-4-10(13)14/h2-7,17H,16H2,1H3. The Morgan fingerprint density at radius 3 is 2.35 bits per heavy atom. The van der Waals surface area contributed by atoms with Crippen molar-refractivity contribution in [2.24, 2.45) is 0 Å². The zero-order chi connectivity index (χ0) is 14.9. The molecule has 20 heavy (non-hydrogen) atoms. The number of hydrogen-bond donors (Lipinski definition) is 2. The van der Waals surface area contributed by atoms with Crippen LogP contribution in [0.5, 0.6) is 0 Å². The third-order valence-corrected chi connectivity index (χ3v) is 4.13. The monoisotopic (exact) mass is 298 g/mol. The quantitative estimate of drug-likeness (QED) is 0.856. The highest BCUT2D eigenvalue weighted by molar-refractivity contribution is 7.92. The van der Waals surface area contributed by atoms with Gasteiger partial charge in [-0.3, -0.25) is 4.72 Å². The number of halogens is 2. The zero-order valence-corrected chi connectivity index (χ0v) is 11.3. The van der Waals surface area contributed by atoms with E-state index in [1.807, 2.05) is 0 Å². The van der Waals surface area contributed by atoms with Gasteiger partial charge in [0, 0.05) is 11.3 Å². The van der Waals surface area contributed by atoms with Crippen LogP contribution < -0.4 is 10.5 Å². The van der Waals surface area contributed by atoms with Gasteiger partial charge in [0.15, 0.2) is 0 Å². The Kier molecular flexibility index (Phi) is 3.63. The Bertz CT molecular complexity index is 738. The maximum atomic E-state index is 13.5. The van der Waals surface area contributed by atoms with Crippen molar-refractivity contribution < 1.29 is 17.2 Å². The summed E-state index contributed by atoms with van der Waals surface area (Å²) in [7, 11) is -4.11. The molecule has 0 heterocycles. The van der Waals surface area contributed by atoms with E-state index in [0.717, 1.165) is 18.2 Å². The molecule has 0 saturated heterocycles. The third kappa shape index (κ3) is 2.72. The average molecular weight is 298 g/mol. The molecule has 0 unspecified atom stereocenters. The highest BCUT2D eigenvalue weighted by Gasteiger charge is 2.18. The number of anilines is 2. The van der Waals surface area contributed by atoms with Crippen molar-refractivity contribution >= 4 is 21.4 Å². The smallest absolute Gasteiger partial charge is 0.262 e. The van der Waals surface area contributed by atoms with Crippen LogP contribution in [0, 0.1) is 18.6 Å². The Morgan fingerprint density at radius 1 is 1.10 bits per heavy atom. The van der Waals surface area contributed by atoms with Gasteiger partial charge in [-0.15, -0.1) is 0 Å². The Morgan fingerprint density at radius 2 is 1.75 bits per heavy atom. The largest absolute Gasteiger partial charge is 0.398 e. The van der Waals surface area contributed by atoms with Crippen LogP contribution in [0.3, 0.4) is 0 Å². The van der Waals surface area contributed by atoms with Crippen LogP contribution in [0.1, 0.15) is 5.56 Å². The number of sulfonamides is 1. The SMILES string of the molecule is Cc1c(N)cc(S(=O)(=O)Nc2ccccc2F)cc1F. The van der Waals surface area contributed by atoms with E-state index in [-0.39, 0.29) is 21.8 Å². The van der Waals surface area contributed by atoms with Crippen molar-refractivity contribution in [2.75, 3.05) is 10.5 Å². The van der Waals surface area contributed by atoms with Crippen molar-refractivity contribution in [2.45, 2.75) is 11.8 Å². The molecule has 2 rings (SSSR count). The predicted octanol–water partition coefficient (Wildman–Crippen LogP) is 2.66. The van der Waals surface area contributed by atoms with Crippen molar-refractivity contribution in [3.63, 3.8) is 0 Å². The van der Waals surface area contributed by atoms with Crippen molar-refractivity contribution in [3.8, 4) is 0 Å². The van der Waals surface area contributed by atoms with Gasteiger partial charge in [-0.25, -0.2) is 17.2 Å². The van der Waals surface area contributed by atoms with Gasteiger partial charge >= 0.3 is 0 Å². The molecule has 0 amide bonds. The van der Waals surface area contributed by atoms with Crippen molar-refractivity contribution in [1.29, 1.82) is 0 Å². The normalized spacial score (nSPS) is 11.3. The number of hydrogen-bond acceptors (Lipinski definition) is 3. The highest BCUT2D eigenvalue weighted by Crippen LogP contribution is 2.23. The molecule has 3 N–H and O–H groups in total. The van der Waals surface area contributed by atoms with Gasteiger partial charge in [0.25, 0.3) is 10.0 Å². The first-order valence-corrected chi connectivity index (χ1v) is 7.12. The molecular weight excluding hydrogens is 286 g/mol. The molecule has 7 heteroatoms. The number of nitrogen functional groups attached to an aromatic ring is 1. The van der Waals surface area contributed by atoms with E-state index >= 15 is 0 Å². The Balaban J connectivity index is 2.44. The third-order valence-electron chi connectivity index (χ3n) is 2.79. The van der Waals surface area contributed by atoms with Crippen molar-refractivity contribution in [1.82, 2.24) is 0 Å². The minimum absolute atomic E-state index is 0.0129. The first kappa shape index (κ1) is 14.3. The first-order valence-electron chi connectivity index (χ1n) is 5.64. The van der Waals surface area contributed by atoms with Gasteiger partial charge in [0.1, 0.15) is 11.6 Å². The summed E-state index contributed by atoms with van der Waals surface area (Å²) >= 11 is 0. The summed E-state index contributed by atoms with van der Waals surface area (Å²) < 4.78 is 53.2. The van der Waals surface area contributed by atoms with E-state index in [1.54, 1.807) is 0 Å². The lowest BCUT2D eigenvalue weighted by molar-refractivity contribution is 0.592. The molecule has 0 atom stereocenters. The number of nitrogens with two attached hydrogens (primary N) is 1. The summed E-state index contributed by atoms with van der Waals surface area (Å²) in [5.74, 6) is -1.46. The number of rotatable bonds is 3. The van der Waals surface area contributed by atoms with Crippen LogP contribution >= 0.6 is 0 Å². The molecule has 0 saturated carbocycles. The second-order valence-electron chi connectivity index (χ2n) is 4.20. The lowest BCUT2D eigenvalue weighted by Crippen LogP contribution is -2.15. The second-order valence-corrected chi connectivity index (χ2v) is 5.89. The molecule has 0 aliphatic heterocycles. The topological polar surface area (TPSA) is 72.2 Å². The Labute approximate surface area is 115 Å². The van der Waals surface area contributed by atoms with E-state index < -0.39 is 21.7 Å². The summed E-state index contributed by atoms with van der Waals surface area (Å²) in [6, 6.07) is 7.25. The fourth-order valence-corrected chi connectivity index (χ4v) is 2.69. The second kappa shape index (κ2) is 5.09. The number of benzene rings is 2. The summed E-state index contributed by atoms with van der Waals surface area (Å²) in [5.41, 5.74) is 5.49. The van der Waals surface area contributed by atoms with Gasteiger partial charge in [0.2, 0.25) is 0 Å². The van der Waals surface area contributed by atoms with E-state index in [4.69, 9.17) is 5.73 Å². The summed E-state index contributed by atoms with van der Waals surface area (Å²) in [5, 5.41) is 0. The number of para-hydroxylation sites is 1. The molecule has 2 aromatic rings. The van der Waals surface area contributed by atoms with Gasteiger partial charge in [-0.05, 0) is 31.2 Å². The van der Waals surface area contributed by atoms with E-state index in [2.05, 4.69) is 4.72 Å². The average Bonchev–Trinajstić information content (AvgIpc) is 2.38. The van der Waals surface area contributed by atoms with E-state index in [1.165, 1.54) is 25.1 Å². The summed E-state index contributed by atoms with van der Waals surface area (Å²) in [6.07, 6.45) is 0. The molecule has 0 bridgehead atoms. The minimum Gasteiger partial charge on any atom is -0.398 e. The van der Waals surface area contributed by atoms with Crippen LogP contribution in [0.15, 0.2) is 41.3 Å².